The first-order valence-corrected chi connectivity index (χ1v) is 7.75. The second kappa shape index (κ2) is 5.87. The maximum Gasteiger partial charge on any atom is 0.248 e. The first-order valence-electron chi connectivity index (χ1n) is 7.75. The maximum absolute atomic E-state index is 13.1. The number of fused-ring (bicyclic) bond motifs is 1. The highest BCUT2D eigenvalue weighted by atomic mass is 19.1. The average Bonchev–Trinajstić information content (AvgIpc) is 3.05. The third-order valence-corrected chi connectivity index (χ3v) is 4.17. The molecule has 0 aliphatic heterocycles. The first-order chi connectivity index (χ1) is 12.1. The lowest BCUT2D eigenvalue weighted by molar-refractivity contribution is 0.100. The Morgan fingerprint density at radius 1 is 1.00 bits per heavy atom. The Balaban J connectivity index is 1.85. The lowest BCUT2D eigenvalue weighted by Crippen LogP contribution is -2.10. The van der Waals surface area contributed by atoms with E-state index in [1.165, 1.54) is 12.1 Å². The minimum Gasteiger partial charge on any atom is -0.366 e. The summed E-state index contributed by atoms with van der Waals surface area (Å²) in [6, 6.07) is 15.4. The number of hydrogen-bond acceptors (Lipinski definition) is 2. The lowest BCUT2D eigenvalue weighted by Gasteiger charge is -2.04. The van der Waals surface area contributed by atoms with Crippen molar-refractivity contribution in [3.8, 4) is 22.3 Å². The molecule has 4 nitrogen and oxygen atoms in total. The van der Waals surface area contributed by atoms with Crippen molar-refractivity contribution in [1.82, 2.24) is 9.97 Å². The Labute approximate surface area is 143 Å². The van der Waals surface area contributed by atoms with Crippen LogP contribution in [-0.4, -0.2) is 15.9 Å². The number of halogens is 1. The number of carbonyl (C=O) groups is 1. The van der Waals surface area contributed by atoms with Gasteiger partial charge in [0.05, 0.1) is 0 Å². The van der Waals surface area contributed by atoms with E-state index in [1.807, 2.05) is 18.3 Å². The highest BCUT2D eigenvalue weighted by Crippen LogP contribution is 2.31. The Hall–Kier alpha value is -3.47. The predicted molar refractivity (Wildman–Crippen MR) is 95.4 cm³/mol. The van der Waals surface area contributed by atoms with Crippen molar-refractivity contribution >= 4 is 16.9 Å². The van der Waals surface area contributed by atoms with Crippen LogP contribution in [0.5, 0.6) is 0 Å². The molecule has 4 aromatic rings. The Morgan fingerprint density at radius 3 is 2.56 bits per heavy atom. The van der Waals surface area contributed by atoms with Gasteiger partial charge in [-0.3, -0.25) is 4.79 Å². The third-order valence-electron chi connectivity index (χ3n) is 4.17. The minimum absolute atomic E-state index is 0.275. The quantitative estimate of drug-likeness (QED) is 0.592. The summed E-state index contributed by atoms with van der Waals surface area (Å²) < 4.78 is 13.1. The van der Waals surface area contributed by atoms with Crippen molar-refractivity contribution in [3.63, 3.8) is 0 Å². The molecule has 1 amide bonds. The number of H-pyrrole nitrogens is 1. The zero-order valence-corrected chi connectivity index (χ0v) is 13.2. The molecule has 0 atom stereocenters. The van der Waals surface area contributed by atoms with Crippen LogP contribution in [-0.2, 0) is 0 Å². The van der Waals surface area contributed by atoms with Crippen molar-refractivity contribution in [2.75, 3.05) is 0 Å². The van der Waals surface area contributed by atoms with Crippen LogP contribution >= 0.6 is 0 Å². The van der Waals surface area contributed by atoms with E-state index in [1.54, 1.807) is 36.5 Å². The molecule has 2 heterocycles. The van der Waals surface area contributed by atoms with E-state index in [9.17, 15) is 9.18 Å². The molecule has 0 saturated carbocycles. The molecule has 2 aromatic carbocycles. The number of nitrogens with one attached hydrogen (secondary N) is 1. The molecular formula is C20H14FN3O. The van der Waals surface area contributed by atoms with Gasteiger partial charge in [0.2, 0.25) is 5.91 Å². The second-order valence-corrected chi connectivity index (χ2v) is 5.77. The van der Waals surface area contributed by atoms with E-state index in [0.717, 1.165) is 33.3 Å². The fraction of sp³-hybridized carbons (Fsp3) is 0. The number of aromatic nitrogens is 2. The lowest BCUT2D eigenvalue weighted by atomic mass is 10.0. The van der Waals surface area contributed by atoms with Crippen LogP contribution < -0.4 is 5.73 Å². The number of hydrogen-bond donors (Lipinski definition) is 2. The van der Waals surface area contributed by atoms with E-state index in [4.69, 9.17) is 5.73 Å². The van der Waals surface area contributed by atoms with Crippen LogP contribution in [0.4, 0.5) is 4.39 Å². The number of benzene rings is 2. The van der Waals surface area contributed by atoms with Crippen molar-refractivity contribution in [2.45, 2.75) is 0 Å². The standard InChI is InChI=1S/C20H14FN3O/c21-16-6-4-12(5-7-16)15-9-17-18(11-24-20(17)23-10-15)13-2-1-3-14(8-13)19(22)25/h1-11H,(H2,22,25)(H,23,24). The highest BCUT2D eigenvalue weighted by molar-refractivity contribution is 5.98. The molecule has 0 unspecified atom stereocenters. The number of nitrogens with zero attached hydrogens (tertiary/aromatic N) is 1. The van der Waals surface area contributed by atoms with Gasteiger partial charge in [-0.2, -0.15) is 0 Å². The largest absolute Gasteiger partial charge is 0.366 e. The van der Waals surface area contributed by atoms with Gasteiger partial charge in [-0.15, -0.1) is 0 Å². The van der Waals surface area contributed by atoms with Crippen molar-refractivity contribution in [1.29, 1.82) is 0 Å². The molecule has 2 aromatic heterocycles. The molecule has 0 fully saturated rings. The number of aromatic amines is 1. The molecule has 0 radical (unpaired) electrons. The number of nitrogens with two attached hydrogens (primary N) is 1. The highest BCUT2D eigenvalue weighted by Gasteiger charge is 2.11. The van der Waals surface area contributed by atoms with Crippen LogP contribution in [0.2, 0.25) is 0 Å². The van der Waals surface area contributed by atoms with Gasteiger partial charge in [0, 0.05) is 34.5 Å². The molecule has 4 rings (SSSR count). The number of rotatable bonds is 3. The molecule has 0 bridgehead atoms. The number of pyridine rings is 1. The average molecular weight is 331 g/mol. The van der Waals surface area contributed by atoms with Crippen molar-refractivity contribution in [2.24, 2.45) is 5.73 Å². The third kappa shape index (κ3) is 2.76. The van der Waals surface area contributed by atoms with Crippen LogP contribution in [0.25, 0.3) is 33.3 Å². The Morgan fingerprint density at radius 2 is 1.80 bits per heavy atom. The van der Waals surface area contributed by atoms with Gasteiger partial charge < -0.3 is 10.7 Å². The molecular weight excluding hydrogens is 317 g/mol. The summed E-state index contributed by atoms with van der Waals surface area (Å²) in [6.07, 6.45) is 3.60. The van der Waals surface area contributed by atoms with Crippen LogP contribution in [0.15, 0.2) is 67.0 Å². The summed E-state index contributed by atoms with van der Waals surface area (Å²) in [6.45, 7) is 0. The van der Waals surface area contributed by atoms with Crippen LogP contribution in [0.1, 0.15) is 10.4 Å². The molecule has 5 heteroatoms. The summed E-state index contributed by atoms with van der Waals surface area (Å²) in [5.74, 6) is -0.741. The summed E-state index contributed by atoms with van der Waals surface area (Å²) in [5.41, 5.74) is 10.1. The summed E-state index contributed by atoms with van der Waals surface area (Å²) in [4.78, 5) is 19.0. The zero-order chi connectivity index (χ0) is 17.4. The maximum atomic E-state index is 13.1. The smallest absolute Gasteiger partial charge is 0.248 e. The van der Waals surface area contributed by atoms with Crippen molar-refractivity contribution in [3.05, 3.63) is 78.4 Å². The van der Waals surface area contributed by atoms with E-state index >= 15 is 0 Å². The van der Waals surface area contributed by atoms with Crippen LogP contribution in [0, 0.1) is 5.82 Å². The molecule has 0 saturated heterocycles. The SMILES string of the molecule is NC(=O)c1cccc(-c2c[nH]c3ncc(-c4ccc(F)cc4)cc23)c1. The van der Waals surface area contributed by atoms with Crippen LogP contribution in [0.3, 0.4) is 0 Å². The van der Waals surface area contributed by atoms with E-state index < -0.39 is 5.91 Å². The van der Waals surface area contributed by atoms with E-state index in [-0.39, 0.29) is 5.82 Å². The summed E-state index contributed by atoms with van der Waals surface area (Å²) in [7, 11) is 0. The minimum atomic E-state index is -0.466. The number of carbonyl (C=O) groups excluding carboxylic acids is 1. The first kappa shape index (κ1) is 15.1. The monoisotopic (exact) mass is 331 g/mol. The van der Waals surface area contributed by atoms with Gasteiger partial charge in [0.15, 0.2) is 0 Å². The molecule has 0 aliphatic carbocycles. The summed E-state index contributed by atoms with van der Waals surface area (Å²) in [5, 5.41) is 0.920. The van der Waals surface area contributed by atoms with Gasteiger partial charge in [-0.25, -0.2) is 9.37 Å². The Kier molecular flexibility index (Phi) is 3.54. The molecule has 25 heavy (non-hydrogen) atoms. The predicted octanol–water partition coefficient (Wildman–Crippen LogP) is 4.13. The number of primary amides is 1. The van der Waals surface area contributed by atoms with Gasteiger partial charge >= 0.3 is 0 Å². The van der Waals surface area contributed by atoms with E-state index in [2.05, 4.69) is 9.97 Å². The zero-order valence-electron chi connectivity index (χ0n) is 13.2. The molecule has 0 spiro atoms. The van der Waals surface area contributed by atoms with Gasteiger partial charge in [0.25, 0.3) is 0 Å². The number of amides is 1. The molecule has 122 valence electrons. The normalized spacial score (nSPS) is 10.9. The molecule has 0 aliphatic rings. The Bertz CT molecular complexity index is 1080. The van der Waals surface area contributed by atoms with Crippen molar-refractivity contribution < 1.29 is 9.18 Å². The van der Waals surface area contributed by atoms with Gasteiger partial charge in [-0.05, 0) is 41.5 Å². The second-order valence-electron chi connectivity index (χ2n) is 5.77. The summed E-state index contributed by atoms with van der Waals surface area (Å²) >= 11 is 0. The van der Waals surface area contributed by atoms with Gasteiger partial charge in [0.1, 0.15) is 11.5 Å². The topological polar surface area (TPSA) is 71.8 Å². The fourth-order valence-corrected chi connectivity index (χ4v) is 2.88. The molecule has 3 N–H and O–H groups in total. The van der Waals surface area contributed by atoms with Gasteiger partial charge in [-0.1, -0.05) is 24.3 Å². The van der Waals surface area contributed by atoms with E-state index in [0.29, 0.717) is 5.56 Å². The fourth-order valence-electron chi connectivity index (χ4n) is 2.88.